The van der Waals surface area contributed by atoms with Gasteiger partial charge in [-0.25, -0.2) is 0 Å². The summed E-state index contributed by atoms with van der Waals surface area (Å²) in [6, 6.07) is 10.2. The van der Waals surface area contributed by atoms with Gasteiger partial charge in [-0.2, -0.15) is 0 Å². The summed E-state index contributed by atoms with van der Waals surface area (Å²) in [4.78, 5) is 0. The molecule has 1 N–H and O–H groups in total. The highest BCUT2D eigenvalue weighted by molar-refractivity contribution is 5.86. The van der Waals surface area contributed by atoms with Gasteiger partial charge in [0.1, 0.15) is 6.54 Å². The van der Waals surface area contributed by atoms with E-state index in [1.165, 1.54) is 5.56 Å². The molecule has 1 rings (SSSR count). The van der Waals surface area contributed by atoms with E-state index in [1.807, 2.05) is 32.3 Å². The van der Waals surface area contributed by atoms with Crippen molar-refractivity contribution in [3.05, 3.63) is 41.3 Å². The Hall–Kier alpha value is -1.35. The summed E-state index contributed by atoms with van der Waals surface area (Å²) in [5, 5.41) is 7.33. The van der Waals surface area contributed by atoms with E-state index in [2.05, 4.69) is 17.6 Å². The molecule has 0 spiro atoms. The average Bonchev–Trinajstić information content (AvgIpc) is 2.02. The first-order valence-electron chi connectivity index (χ1n) is 4.65. The predicted octanol–water partition coefficient (Wildman–Crippen LogP) is 2.55. The smallest absolute Gasteiger partial charge is 0.113 e. The Morgan fingerprint density at radius 3 is 2.36 bits per heavy atom. The van der Waals surface area contributed by atoms with Crippen LogP contribution in [0.2, 0.25) is 0 Å². The van der Waals surface area contributed by atoms with Gasteiger partial charge in [0.05, 0.1) is 14.1 Å². The molecule has 0 aliphatic rings. The number of hydrogen-bond donors (Lipinski definition) is 1. The van der Waals surface area contributed by atoms with Crippen LogP contribution in [-0.2, 0) is 6.54 Å². The third-order valence-corrected chi connectivity index (χ3v) is 1.83. The SMILES string of the molecule is CC(=N)[N-][N+](C)(C)Cc1ccccc1. The van der Waals surface area contributed by atoms with Gasteiger partial charge in [-0.1, -0.05) is 30.3 Å². The Bertz CT molecular complexity index is 304. The summed E-state index contributed by atoms with van der Waals surface area (Å²) in [7, 11) is 3.98. The van der Waals surface area contributed by atoms with Gasteiger partial charge in [-0.05, 0) is 12.8 Å². The molecule has 0 heterocycles. The van der Waals surface area contributed by atoms with E-state index in [0.717, 1.165) is 6.54 Å². The van der Waals surface area contributed by atoms with Crippen LogP contribution in [0.5, 0.6) is 0 Å². The van der Waals surface area contributed by atoms with Crippen molar-refractivity contribution in [2.24, 2.45) is 0 Å². The minimum Gasteiger partial charge on any atom is -0.482 e. The van der Waals surface area contributed by atoms with Crippen LogP contribution in [0.1, 0.15) is 12.5 Å². The van der Waals surface area contributed by atoms with Crippen LogP contribution >= 0.6 is 0 Å². The second-order valence-electron chi connectivity index (χ2n) is 3.95. The maximum absolute atomic E-state index is 7.33. The molecular formula is C11H17N3. The Morgan fingerprint density at radius 2 is 1.86 bits per heavy atom. The molecule has 14 heavy (non-hydrogen) atoms. The summed E-state index contributed by atoms with van der Waals surface area (Å²) < 4.78 is 0.472. The van der Waals surface area contributed by atoms with Crippen LogP contribution in [0.15, 0.2) is 30.3 Å². The minimum atomic E-state index is 0.367. The van der Waals surface area contributed by atoms with Gasteiger partial charge in [0, 0.05) is 5.56 Å². The fourth-order valence-electron chi connectivity index (χ4n) is 1.47. The van der Waals surface area contributed by atoms with Crippen LogP contribution in [0.3, 0.4) is 0 Å². The molecule has 0 saturated carbocycles. The van der Waals surface area contributed by atoms with E-state index in [9.17, 15) is 0 Å². The standard InChI is InChI=1S/C11H17N3/c1-10(12)13-14(2,3)9-11-7-5-4-6-8-11/h4-8,12H,9H2,1-3H3. The van der Waals surface area contributed by atoms with Crippen LogP contribution in [0, 0.1) is 5.41 Å². The first-order valence-corrected chi connectivity index (χ1v) is 4.65. The molecule has 1 aromatic carbocycles. The van der Waals surface area contributed by atoms with Gasteiger partial charge in [0.15, 0.2) is 0 Å². The zero-order valence-corrected chi connectivity index (χ0v) is 8.99. The molecule has 0 atom stereocenters. The summed E-state index contributed by atoms with van der Waals surface area (Å²) in [5.74, 6) is 0.367. The monoisotopic (exact) mass is 191 g/mol. The highest BCUT2D eigenvalue weighted by Gasteiger charge is 2.11. The van der Waals surface area contributed by atoms with Gasteiger partial charge in [0.2, 0.25) is 0 Å². The molecule has 76 valence electrons. The van der Waals surface area contributed by atoms with Crippen LogP contribution < -0.4 is 0 Å². The number of nitrogens with one attached hydrogen (secondary N) is 1. The Kier molecular flexibility index (Phi) is 3.25. The molecule has 0 fully saturated rings. The van der Waals surface area contributed by atoms with E-state index < -0.39 is 0 Å². The van der Waals surface area contributed by atoms with E-state index in [1.54, 1.807) is 6.92 Å². The van der Waals surface area contributed by atoms with Crippen molar-refractivity contribution in [1.82, 2.24) is 0 Å². The summed E-state index contributed by atoms with van der Waals surface area (Å²) in [6.07, 6.45) is 0. The normalized spacial score (nSPS) is 11.1. The van der Waals surface area contributed by atoms with Gasteiger partial charge in [-0.3, -0.25) is 10.0 Å². The largest absolute Gasteiger partial charge is 0.482 e. The third-order valence-electron chi connectivity index (χ3n) is 1.83. The van der Waals surface area contributed by atoms with E-state index in [4.69, 9.17) is 5.41 Å². The molecule has 0 aliphatic heterocycles. The highest BCUT2D eigenvalue weighted by Crippen LogP contribution is 2.14. The molecule has 0 saturated heterocycles. The molecule has 3 heteroatoms. The Labute approximate surface area is 85.4 Å². The molecule has 0 radical (unpaired) electrons. The zero-order chi connectivity index (χ0) is 10.6. The van der Waals surface area contributed by atoms with Gasteiger partial charge < -0.3 is 5.41 Å². The fourth-order valence-corrected chi connectivity index (χ4v) is 1.47. The number of rotatable bonds is 3. The number of benzene rings is 1. The number of amidine groups is 1. The Balaban J connectivity index is 2.63. The van der Waals surface area contributed by atoms with Gasteiger partial charge in [-0.15, -0.1) is 0 Å². The summed E-state index contributed by atoms with van der Waals surface area (Å²) in [5.41, 5.74) is 5.46. The lowest BCUT2D eigenvalue weighted by Crippen LogP contribution is -2.35. The van der Waals surface area contributed by atoms with Crippen molar-refractivity contribution in [2.45, 2.75) is 13.5 Å². The molecule has 0 aromatic heterocycles. The maximum Gasteiger partial charge on any atom is 0.113 e. The maximum atomic E-state index is 7.33. The van der Waals surface area contributed by atoms with E-state index >= 15 is 0 Å². The molecule has 3 nitrogen and oxygen atoms in total. The Morgan fingerprint density at radius 1 is 1.29 bits per heavy atom. The van der Waals surface area contributed by atoms with Crippen molar-refractivity contribution in [3.8, 4) is 0 Å². The molecule has 1 aromatic rings. The van der Waals surface area contributed by atoms with Crippen molar-refractivity contribution in [1.29, 1.82) is 5.41 Å². The first-order chi connectivity index (χ1) is 6.49. The van der Waals surface area contributed by atoms with Crippen molar-refractivity contribution in [2.75, 3.05) is 14.1 Å². The van der Waals surface area contributed by atoms with Crippen LogP contribution in [0.4, 0.5) is 0 Å². The zero-order valence-electron chi connectivity index (χ0n) is 8.99. The van der Waals surface area contributed by atoms with Crippen LogP contribution in [-0.4, -0.2) is 24.5 Å². The average molecular weight is 191 g/mol. The topological polar surface area (TPSA) is 38.0 Å². The molecular weight excluding hydrogens is 174 g/mol. The molecule has 0 unspecified atom stereocenters. The second kappa shape index (κ2) is 4.24. The predicted molar refractivity (Wildman–Crippen MR) is 59.0 cm³/mol. The highest BCUT2D eigenvalue weighted by atomic mass is 15.6. The lowest BCUT2D eigenvalue weighted by atomic mass is 10.2. The molecule has 0 bridgehead atoms. The lowest BCUT2D eigenvalue weighted by Gasteiger charge is -2.34. The van der Waals surface area contributed by atoms with Gasteiger partial charge >= 0.3 is 0 Å². The number of quaternary nitrogens is 1. The van der Waals surface area contributed by atoms with Crippen molar-refractivity contribution < 1.29 is 4.59 Å². The molecule has 0 aliphatic carbocycles. The van der Waals surface area contributed by atoms with Crippen molar-refractivity contribution >= 4 is 5.84 Å². The summed E-state index contributed by atoms with van der Waals surface area (Å²) >= 11 is 0. The lowest BCUT2D eigenvalue weighted by molar-refractivity contribution is -0.862. The van der Waals surface area contributed by atoms with E-state index in [-0.39, 0.29) is 0 Å². The fraction of sp³-hybridized carbons (Fsp3) is 0.364. The molecule has 0 amide bonds. The van der Waals surface area contributed by atoms with E-state index in [0.29, 0.717) is 10.4 Å². The number of nitrogens with zero attached hydrogens (tertiary/aromatic N) is 2. The number of hydrogen-bond acceptors (Lipinski definition) is 1. The quantitative estimate of drug-likeness (QED) is 0.330. The van der Waals surface area contributed by atoms with Crippen molar-refractivity contribution in [3.63, 3.8) is 0 Å². The first kappa shape index (κ1) is 10.7. The minimum absolute atomic E-state index is 0.367. The third kappa shape index (κ3) is 3.58. The van der Waals surface area contributed by atoms with Crippen LogP contribution in [0.25, 0.3) is 5.43 Å². The summed E-state index contributed by atoms with van der Waals surface area (Å²) in [6.45, 7) is 2.52. The second-order valence-corrected chi connectivity index (χ2v) is 3.95. The van der Waals surface area contributed by atoms with Gasteiger partial charge in [0.25, 0.3) is 0 Å².